The van der Waals surface area contributed by atoms with Crippen LogP contribution in [0.2, 0.25) is 0 Å². The van der Waals surface area contributed by atoms with Crippen LogP contribution in [-0.2, 0) is 5.54 Å². The zero-order chi connectivity index (χ0) is 25.3. The predicted molar refractivity (Wildman–Crippen MR) is 150 cm³/mol. The van der Waals surface area contributed by atoms with E-state index in [0.29, 0.717) is 17.8 Å². The van der Waals surface area contributed by atoms with Crippen molar-refractivity contribution in [2.75, 3.05) is 25.1 Å². The summed E-state index contributed by atoms with van der Waals surface area (Å²) in [6, 6.07) is 26.0. The van der Waals surface area contributed by atoms with Gasteiger partial charge in [-0.1, -0.05) is 86.3 Å². The SMILES string of the molecule is O=C(c1ccccc1)c1ccc2c(c1)NC[N+]2([O-])C1CCN(C2(c3ccccc3)CCCCCC2)CC1. The highest BCUT2D eigenvalue weighted by atomic mass is 16.6. The summed E-state index contributed by atoms with van der Waals surface area (Å²) in [5.74, 6) is -0.0102. The summed E-state index contributed by atoms with van der Waals surface area (Å²) < 4.78 is -0.332. The molecule has 1 saturated heterocycles. The molecule has 1 aliphatic carbocycles. The van der Waals surface area contributed by atoms with Crippen LogP contribution < -0.4 is 9.96 Å². The highest BCUT2D eigenvalue weighted by molar-refractivity contribution is 6.10. The molecule has 0 bridgehead atoms. The van der Waals surface area contributed by atoms with Crippen molar-refractivity contribution in [3.63, 3.8) is 0 Å². The lowest BCUT2D eigenvalue weighted by Gasteiger charge is -2.52. The maximum absolute atomic E-state index is 14.3. The van der Waals surface area contributed by atoms with Gasteiger partial charge in [0, 0.05) is 48.7 Å². The average Bonchev–Trinajstić information content (AvgIpc) is 3.13. The first-order valence-corrected chi connectivity index (χ1v) is 14.0. The summed E-state index contributed by atoms with van der Waals surface area (Å²) >= 11 is 0. The molecule has 2 fully saturated rings. The van der Waals surface area contributed by atoms with Gasteiger partial charge in [-0.2, -0.15) is 0 Å². The highest BCUT2D eigenvalue weighted by Gasteiger charge is 2.45. The molecular formula is C32H37N3O2. The van der Waals surface area contributed by atoms with Gasteiger partial charge < -0.3 is 15.2 Å². The molecular weight excluding hydrogens is 458 g/mol. The first-order valence-electron chi connectivity index (χ1n) is 14.0. The molecule has 2 aliphatic heterocycles. The van der Waals surface area contributed by atoms with Crippen molar-refractivity contribution in [2.24, 2.45) is 0 Å². The fourth-order valence-corrected chi connectivity index (χ4v) is 7.08. The number of anilines is 1. The van der Waals surface area contributed by atoms with Crippen molar-refractivity contribution in [1.82, 2.24) is 9.55 Å². The Hall–Kier alpha value is -2.99. The summed E-state index contributed by atoms with van der Waals surface area (Å²) in [5, 5.41) is 17.6. The summed E-state index contributed by atoms with van der Waals surface area (Å²) in [6.07, 6.45) is 9.40. The molecule has 0 spiro atoms. The standard InChI is InChI=1S/C32H37N3O2/c36-31(25-11-5-3-6-12-25)26-15-16-30-29(23-26)33-24-35(30,37)28-17-21-34(22-18-28)32(19-9-1-2-10-20-32)27-13-7-4-8-14-27/h3-8,11-16,23,28,33H,1-2,9-10,17-22,24H2. The monoisotopic (exact) mass is 495 g/mol. The average molecular weight is 496 g/mol. The smallest absolute Gasteiger partial charge is 0.193 e. The number of carbonyl (C=O) groups is 1. The van der Waals surface area contributed by atoms with Crippen molar-refractivity contribution in [3.05, 3.63) is 101 Å². The molecule has 3 aromatic carbocycles. The lowest BCUT2D eigenvalue weighted by molar-refractivity contribution is 0.0280. The summed E-state index contributed by atoms with van der Waals surface area (Å²) in [6.45, 7) is 2.26. The van der Waals surface area contributed by atoms with E-state index in [9.17, 15) is 10.0 Å². The number of fused-ring (bicyclic) bond motifs is 1. The van der Waals surface area contributed by atoms with E-state index in [1.807, 2.05) is 48.5 Å². The molecule has 2 heterocycles. The Bertz CT molecular complexity index is 1230. The Morgan fingerprint density at radius 3 is 2.16 bits per heavy atom. The number of benzene rings is 3. The maximum atomic E-state index is 14.3. The van der Waals surface area contributed by atoms with Crippen LogP contribution >= 0.6 is 0 Å². The summed E-state index contributed by atoms with van der Waals surface area (Å²) in [7, 11) is 0. The van der Waals surface area contributed by atoms with E-state index < -0.39 is 0 Å². The third kappa shape index (κ3) is 4.39. The topological polar surface area (TPSA) is 55.4 Å². The molecule has 5 heteroatoms. The van der Waals surface area contributed by atoms with Crippen molar-refractivity contribution in [2.45, 2.75) is 62.9 Å². The number of quaternary nitrogens is 1. The second-order valence-electron chi connectivity index (χ2n) is 11.1. The Balaban J connectivity index is 1.20. The fourth-order valence-electron chi connectivity index (χ4n) is 7.08. The third-order valence-electron chi connectivity index (χ3n) is 9.11. The van der Waals surface area contributed by atoms with E-state index in [0.717, 1.165) is 37.3 Å². The van der Waals surface area contributed by atoms with Crippen molar-refractivity contribution >= 4 is 17.2 Å². The maximum Gasteiger partial charge on any atom is 0.193 e. The number of carbonyl (C=O) groups excluding carboxylic acids is 1. The van der Waals surface area contributed by atoms with Gasteiger partial charge in [0.2, 0.25) is 0 Å². The zero-order valence-corrected chi connectivity index (χ0v) is 21.6. The fraction of sp³-hybridized carbons (Fsp3) is 0.406. The van der Waals surface area contributed by atoms with Crippen LogP contribution in [0, 0.1) is 5.21 Å². The first-order chi connectivity index (χ1) is 18.1. The van der Waals surface area contributed by atoms with Gasteiger partial charge in [0.15, 0.2) is 18.1 Å². The Kier molecular flexibility index (Phi) is 6.62. The molecule has 3 aliphatic rings. The predicted octanol–water partition coefficient (Wildman–Crippen LogP) is 6.82. The molecule has 37 heavy (non-hydrogen) atoms. The van der Waals surface area contributed by atoms with Crippen LogP contribution in [0.1, 0.15) is 72.9 Å². The van der Waals surface area contributed by atoms with Crippen LogP contribution in [0.15, 0.2) is 78.9 Å². The van der Waals surface area contributed by atoms with E-state index in [4.69, 9.17) is 0 Å². The summed E-state index contributed by atoms with van der Waals surface area (Å²) in [5.41, 5.74) is 4.43. The lowest BCUT2D eigenvalue weighted by Crippen LogP contribution is -2.58. The molecule has 6 rings (SSSR count). The molecule has 1 N–H and O–H groups in total. The van der Waals surface area contributed by atoms with Gasteiger partial charge in [-0.25, -0.2) is 0 Å². The Labute approximate surface area is 220 Å². The van der Waals surface area contributed by atoms with Gasteiger partial charge in [-0.05, 0) is 30.5 Å². The molecule has 0 amide bonds. The Morgan fingerprint density at radius 2 is 1.49 bits per heavy atom. The van der Waals surface area contributed by atoms with Gasteiger partial charge in [0.05, 0.1) is 6.04 Å². The third-order valence-corrected chi connectivity index (χ3v) is 9.11. The first kappa shape index (κ1) is 24.4. The molecule has 3 aromatic rings. The van der Waals surface area contributed by atoms with Crippen molar-refractivity contribution < 1.29 is 4.79 Å². The van der Waals surface area contributed by atoms with Gasteiger partial charge in [-0.15, -0.1) is 0 Å². The van der Waals surface area contributed by atoms with Gasteiger partial charge in [-0.3, -0.25) is 9.69 Å². The van der Waals surface area contributed by atoms with Crippen molar-refractivity contribution in [1.29, 1.82) is 0 Å². The molecule has 1 atom stereocenters. The molecule has 0 radical (unpaired) electrons. The molecule has 0 aromatic heterocycles. The quantitative estimate of drug-likeness (QED) is 0.183. The second kappa shape index (κ2) is 10.1. The minimum absolute atomic E-state index is 0.0102. The van der Waals surface area contributed by atoms with E-state index >= 15 is 0 Å². The van der Waals surface area contributed by atoms with Crippen LogP contribution in [0.4, 0.5) is 11.4 Å². The van der Waals surface area contributed by atoms with Crippen molar-refractivity contribution in [3.8, 4) is 0 Å². The number of hydrogen-bond donors (Lipinski definition) is 1. The van der Waals surface area contributed by atoms with Gasteiger partial charge in [0.1, 0.15) is 5.69 Å². The van der Waals surface area contributed by atoms with E-state index in [2.05, 4.69) is 40.5 Å². The van der Waals surface area contributed by atoms with E-state index in [-0.39, 0.29) is 22.0 Å². The number of piperidine rings is 1. The summed E-state index contributed by atoms with van der Waals surface area (Å²) in [4.78, 5) is 15.7. The number of hydroxylamine groups is 2. The minimum Gasteiger partial charge on any atom is -0.626 e. The molecule has 1 saturated carbocycles. The molecule has 5 nitrogen and oxygen atoms in total. The van der Waals surface area contributed by atoms with E-state index in [1.165, 1.54) is 44.1 Å². The molecule has 1 unspecified atom stereocenters. The van der Waals surface area contributed by atoms with Gasteiger partial charge in [0.25, 0.3) is 0 Å². The van der Waals surface area contributed by atoms with Crippen LogP contribution in [-0.4, -0.2) is 36.5 Å². The number of likely N-dealkylation sites (tertiary alicyclic amines) is 1. The number of nitrogens with zero attached hydrogens (tertiary/aromatic N) is 2. The second-order valence-corrected chi connectivity index (χ2v) is 11.1. The van der Waals surface area contributed by atoms with Crippen LogP contribution in [0.5, 0.6) is 0 Å². The number of nitrogens with one attached hydrogen (secondary N) is 1. The van der Waals surface area contributed by atoms with E-state index in [1.54, 1.807) is 0 Å². The minimum atomic E-state index is -0.332. The highest BCUT2D eigenvalue weighted by Crippen LogP contribution is 2.46. The Morgan fingerprint density at radius 1 is 0.838 bits per heavy atom. The number of ketones is 1. The number of rotatable bonds is 5. The van der Waals surface area contributed by atoms with Gasteiger partial charge >= 0.3 is 0 Å². The van der Waals surface area contributed by atoms with Crippen LogP contribution in [0.25, 0.3) is 0 Å². The normalized spacial score (nSPS) is 24.1. The number of hydrogen-bond acceptors (Lipinski definition) is 4. The zero-order valence-electron chi connectivity index (χ0n) is 21.6. The van der Waals surface area contributed by atoms with Crippen LogP contribution in [0.3, 0.4) is 0 Å². The lowest BCUT2D eigenvalue weighted by atomic mass is 9.79. The molecule has 192 valence electrons. The largest absolute Gasteiger partial charge is 0.626 e.